The van der Waals surface area contributed by atoms with Crippen LogP contribution in [-0.4, -0.2) is 50.2 Å². The molecule has 0 aliphatic carbocycles. The van der Waals surface area contributed by atoms with E-state index < -0.39 is 0 Å². The number of nitrogens with one attached hydrogen (secondary N) is 1. The average Bonchev–Trinajstić information content (AvgIpc) is 2.83. The Morgan fingerprint density at radius 3 is 2.76 bits per heavy atom. The number of carbonyl (C=O) groups excluding carboxylic acids is 1. The Labute approximate surface area is 104 Å². The van der Waals surface area contributed by atoms with Crippen molar-refractivity contribution in [3.8, 4) is 0 Å². The highest BCUT2D eigenvalue weighted by molar-refractivity contribution is 5.76. The van der Waals surface area contributed by atoms with Crippen molar-refractivity contribution in [3.63, 3.8) is 0 Å². The van der Waals surface area contributed by atoms with Crippen LogP contribution in [0.1, 0.15) is 32.1 Å². The summed E-state index contributed by atoms with van der Waals surface area (Å²) >= 11 is 0. The maximum Gasteiger partial charge on any atom is 0.223 e. The minimum absolute atomic E-state index is 0.288. The van der Waals surface area contributed by atoms with E-state index in [1.54, 1.807) is 0 Å². The number of hydrogen-bond donors (Lipinski definition) is 1. The fourth-order valence-electron chi connectivity index (χ4n) is 2.72. The smallest absolute Gasteiger partial charge is 0.223 e. The summed E-state index contributed by atoms with van der Waals surface area (Å²) in [7, 11) is 1.94. The summed E-state index contributed by atoms with van der Waals surface area (Å²) in [5.41, 5.74) is 0. The minimum Gasteiger partial charge on any atom is -0.381 e. The number of carbonyl (C=O) groups is 1. The molecule has 1 atom stereocenters. The Morgan fingerprint density at radius 2 is 2.12 bits per heavy atom. The van der Waals surface area contributed by atoms with Crippen molar-refractivity contribution < 1.29 is 9.53 Å². The predicted octanol–water partition coefficient (Wildman–Crippen LogP) is 1.01. The van der Waals surface area contributed by atoms with E-state index >= 15 is 0 Å². The van der Waals surface area contributed by atoms with Crippen LogP contribution in [0.25, 0.3) is 0 Å². The molecule has 0 radical (unpaired) electrons. The molecule has 0 aromatic heterocycles. The van der Waals surface area contributed by atoms with Crippen molar-refractivity contribution in [2.75, 3.05) is 33.4 Å². The van der Waals surface area contributed by atoms with E-state index in [1.807, 2.05) is 11.9 Å². The normalized spacial score (nSPS) is 26.1. The molecule has 4 heteroatoms. The fraction of sp³-hybridized carbons (Fsp3) is 0.923. The van der Waals surface area contributed by atoms with Gasteiger partial charge < -0.3 is 15.0 Å². The third kappa shape index (κ3) is 3.96. The van der Waals surface area contributed by atoms with Gasteiger partial charge >= 0.3 is 0 Å². The second-order valence-corrected chi connectivity index (χ2v) is 5.33. The van der Waals surface area contributed by atoms with Crippen LogP contribution in [0.5, 0.6) is 0 Å². The molecular formula is C13H24N2O2. The van der Waals surface area contributed by atoms with E-state index in [4.69, 9.17) is 4.74 Å². The lowest BCUT2D eigenvalue weighted by atomic mass is 9.99. The summed E-state index contributed by atoms with van der Waals surface area (Å²) in [6.45, 7) is 3.68. The van der Waals surface area contributed by atoms with Crippen molar-refractivity contribution in [2.24, 2.45) is 5.92 Å². The molecule has 4 nitrogen and oxygen atoms in total. The third-order valence-electron chi connectivity index (χ3n) is 3.88. The van der Waals surface area contributed by atoms with Crippen LogP contribution in [0.2, 0.25) is 0 Å². The highest BCUT2D eigenvalue weighted by Crippen LogP contribution is 2.17. The van der Waals surface area contributed by atoms with Gasteiger partial charge in [0.25, 0.3) is 0 Å². The van der Waals surface area contributed by atoms with E-state index in [0.717, 1.165) is 45.6 Å². The summed E-state index contributed by atoms with van der Waals surface area (Å²) in [6, 6.07) is 0.416. The van der Waals surface area contributed by atoms with Crippen molar-refractivity contribution in [1.82, 2.24) is 10.2 Å². The first-order valence-corrected chi connectivity index (χ1v) is 6.81. The van der Waals surface area contributed by atoms with Gasteiger partial charge in [-0.3, -0.25) is 4.79 Å². The first-order chi connectivity index (χ1) is 8.25. The summed E-state index contributed by atoms with van der Waals surface area (Å²) in [5, 5.41) is 3.38. The van der Waals surface area contributed by atoms with Gasteiger partial charge in [-0.2, -0.15) is 0 Å². The van der Waals surface area contributed by atoms with E-state index in [-0.39, 0.29) is 5.91 Å². The number of hydrogen-bond acceptors (Lipinski definition) is 3. The highest BCUT2D eigenvalue weighted by atomic mass is 16.5. The van der Waals surface area contributed by atoms with Crippen molar-refractivity contribution in [2.45, 2.75) is 38.1 Å². The van der Waals surface area contributed by atoms with E-state index in [0.29, 0.717) is 18.4 Å². The second kappa shape index (κ2) is 6.36. The summed E-state index contributed by atoms with van der Waals surface area (Å²) in [5.74, 6) is 0.921. The van der Waals surface area contributed by atoms with E-state index in [9.17, 15) is 4.79 Å². The third-order valence-corrected chi connectivity index (χ3v) is 3.88. The van der Waals surface area contributed by atoms with Gasteiger partial charge in [-0.25, -0.2) is 0 Å². The van der Waals surface area contributed by atoms with E-state index in [2.05, 4.69) is 5.32 Å². The molecule has 2 heterocycles. The fourth-order valence-corrected chi connectivity index (χ4v) is 2.72. The molecule has 17 heavy (non-hydrogen) atoms. The van der Waals surface area contributed by atoms with Crippen LogP contribution in [0.15, 0.2) is 0 Å². The Bertz CT molecular complexity index is 246. The average molecular weight is 240 g/mol. The molecular weight excluding hydrogens is 216 g/mol. The lowest BCUT2D eigenvalue weighted by molar-refractivity contribution is -0.131. The molecule has 2 rings (SSSR count). The second-order valence-electron chi connectivity index (χ2n) is 5.33. The van der Waals surface area contributed by atoms with Crippen LogP contribution in [0, 0.1) is 5.92 Å². The summed E-state index contributed by atoms with van der Waals surface area (Å²) in [6.07, 6.45) is 5.22. The Kier molecular flexibility index (Phi) is 4.80. The molecule has 1 unspecified atom stereocenters. The Balaban J connectivity index is 1.70. The largest absolute Gasteiger partial charge is 0.381 e. The summed E-state index contributed by atoms with van der Waals surface area (Å²) in [4.78, 5) is 13.9. The van der Waals surface area contributed by atoms with Gasteiger partial charge in [-0.15, -0.1) is 0 Å². The van der Waals surface area contributed by atoms with Gasteiger partial charge in [0.1, 0.15) is 0 Å². The van der Waals surface area contributed by atoms with Crippen LogP contribution in [0.4, 0.5) is 0 Å². The molecule has 2 aliphatic heterocycles. The Hall–Kier alpha value is -0.610. The molecule has 98 valence electrons. The van der Waals surface area contributed by atoms with Crippen LogP contribution < -0.4 is 5.32 Å². The van der Waals surface area contributed by atoms with Crippen molar-refractivity contribution in [3.05, 3.63) is 0 Å². The minimum atomic E-state index is 0.288. The number of ether oxygens (including phenoxy) is 1. The molecule has 0 aromatic rings. The summed E-state index contributed by atoms with van der Waals surface area (Å²) < 4.78 is 5.34. The van der Waals surface area contributed by atoms with E-state index in [1.165, 1.54) is 6.42 Å². The first-order valence-electron chi connectivity index (χ1n) is 6.81. The zero-order valence-electron chi connectivity index (χ0n) is 10.8. The van der Waals surface area contributed by atoms with Crippen LogP contribution >= 0.6 is 0 Å². The van der Waals surface area contributed by atoms with Crippen molar-refractivity contribution >= 4 is 5.91 Å². The quantitative estimate of drug-likeness (QED) is 0.797. The van der Waals surface area contributed by atoms with Crippen LogP contribution in [0.3, 0.4) is 0 Å². The van der Waals surface area contributed by atoms with Gasteiger partial charge in [0.05, 0.1) is 0 Å². The molecule has 0 spiro atoms. The van der Waals surface area contributed by atoms with Gasteiger partial charge in [-0.1, -0.05) is 0 Å². The number of amides is 1. The maximum atomic E-state index is 12.0. The first kappa shape index (κ1) is 12.8. The number of rotatable bonds is 4. The Morgan fingerprint density at radius 1 is 1.35 bits per heavy atom. The zero-order valence-corrected chi connectivity index (χ0v) is 10.8. The van der Waals surface area contributed by atoms with Gasteiger partial charge in [0.15, 0.2) is 0 Å². The standard InChI is InChI=1S/C13H24N2O2/c1-15(10-11-4-7-17-8-5-11)13(16)9-12-3-2-6-14-12/h11-12,14H,2-10H2,1H3. The molecule has 2 fully saturated rings. The molecule has 0 aromatic carbocycles. The van der Waals surface area contributed by atoms with Gasteiger partial charge in [-0.05, 0) is 38.1 Å². The lowest BCUT2D eigenvalue weighted by Gasteiger charge is -2.27. The zero-order chi connectivity index (χ0) is 12.1. The lowest BCUT2D eigenvalue weighted by Crippen LogP contribution is -2.37. The molecule has 1 N–H and O–H groups in total. The van der Waals surface area contributed by atoms with Crippen LogP contribution in [-0.2, 0) is 9.53 Å². The van der Waals surface area contributed by atoms with Crippen molar-refractivity contribution in [1.29, 1.82) is 0 Å². The monoisotopic (exact) mass is 240 g/mol. The molecule has 2 aliphatic rings. The maximum absolute atomic E-state index is 12.0. The molecule has 0 saturated carbocycles. The van der Waals surface area contributed by atoms with Gasteiger partial charge in [0, 0.05) is 39.3 Å². The molecule has 1 amide bonds. The number of nitrogens with zero attached hydrogens (tertiary/aromatic N) is 1. The molecule has 2 saturated heterocycles. The van der Waals surface area contributed by atoms with Gasteiger partial charge in [0.2, 0.25) is 5.91 Å². The molecule has 0 bridgehead atoms. The topological polar surface area (TPSA) is 41.6 Å². The SMILES string of the molecule is CN(CC1CCOCC1)C(=O)CC1CCCN1. The predicted molar refractivity (Wildman–Crippen MR) is 66.8 cm³/mol. The highest BCUT2D eigenvalue weighted by Gasteiger charge is 2.22.